The van der Waals surface area contributed by atoms with Gasteiger partial charge in [0.2, 0.25) is 0 Å². The molecule has 0 saturated heterocycles. The molecule has 0 fully saturated rings. The van der Waals surface area contributed by atoms with Crippen molar-refractivity contribution in [2.75, 3.05) is 11.9 Å². The van der Waals surface area contributed by atoms with Crippen molar-refractivity contribution < 1.29 is 0 Å². The molecule has 0 aromatic carbocycles. The molecule has 1 N–H and O–H groups in total. The Labute approximate surface area is 123 Å². The van der Waals surface area contributed by atoms with Gasteiger partial charge < -0.3 is 5.32 Å². The predicted molar refractivity (Wildman–Crippen MR) is 81.2 cm³/mol. The summed E-state index contributed by atoms with van der Waals surface area (Å²) >= 11 is 1.45. The lowest BCUT2D eigenvalue weighted by Crippen LogP contribution is -2.05. The lowest BCUT2D eigenvalue weighted by molar-refractivity contribution is 0.753. The highest BCUT2D eigenvalue weighted by molar-refractivity contribution is 7.99. The largest absolute Gasteiger partial charge is 0.370 e. The van der Waals surface area contributed by atoms with Gasteiger partial charge in [-0.1, -0.05) is 13.8 Å². The van der Waals surface area contributed by atoms with Crippen LogP contribution in [0, 0.1) is 6.92 Å². The molecule has 2 rings (SSSR count). The lowest BCUT2D eigenvalue weighted by atomic mass is 10.2. The maximum Gasteiger partial charge on any atom is 0.193 e. The van der Waals surface area contributed by atoms with Crippen molar-refractivity contribution in [1.29, 1.82) is 0 Å². The van der Waals surface area contributed by atoms with E-state index in [-0.39, 0.29) is 5.92 Å². The van der Waals surface area contributed by atoms with E-state index in [1.807, 2.05) is 32.3 Å². The fraction of sp³-hybridized carbons (Fsp3) is 0.429. The van der Waals surface area contributed by atoms with Crippen molar-refractivity contribution >= 4 is 17.6 Å². The molecule has 0 amide bonds. The molecule has 0 atom stereocenters. The third kappa shape index (κ3) is 3.90. The van der Waals surface area contributed by atoms with Crippen LogP contribution in [-0.4, -0.2) is 26.5 Å². The Morgan fingerprint density at radius 3 is 2.50 bits per heavy atom. The van der Waals surface area contributed by atoms with Crippen molar-refractivity contribution in [3.63, 3.8) is 0 Å². The average molecular weight is 289 g/mol. The molecule has 0 bridgehead atoms. The maximum atomic E-state index is 4.56. The first-order valence-corrected chi connectivity index (χ1v) is 7.49. The van der Waals surface area contributed by atoms with E-state index in [1.54, 1.807) is 0 Å². The van der Waals surface area contributed by atoms with Gasteiger partial charge >= 0.3 is 0 Å². The van der Waals surface area contributed by atoms with Crippen LogP contribution in [0.1, 0.15) is 38.1 Å². The summed E-state index contributed by atoms with van der Waals surface area (Å²) in [5.41, 5.74) is 1.05. The van der Waals surface area contributed by atoms with E-state index in [1.165, 1.54) is 11.8 Å². The highest BCUT2D eigenvalue weighted by atomic mass is 32.2. The summed E-state index contributed by atoms with van der Waals surface area (Å²) in [4.78, 5) is 17.7. The zero-order valence-electron chi connectivity index (χ0n) is 12.2. The van der Waals surface area contributed by atoms with Gasteiger partial charge in [-0.25, -0.2) is 19.9 Å². The van der Waals surface area contributed by atoms with Crippen LogP contribution < -0.4 is 5.32 Å². The minimum atomic E-state index is 0.284. The predicted octanol–water partition coefficient (Wildman–Crippen LogP) is 3.28. The van der Waals surface area contributed by atoms with E-state index in [0.29, 0.717) is 5.16 Å². The Hall–Kier alpha value is -1.69. The fourth-order valence-electron chi connectivity index (χ4n) is 1.55. The molecule has 0 aliphatic carbocycles. The molecule has 0 aliphatic rings. The number of nitrogens with one attached hydrogen (secondary N) is 1. The summed E-state index contributed by atoms with van der Waals surface area (Å²) in [5.74, 6) is 1.96. The van der Waals surface area contributed by atoms with Crippen LogP contribution in [-0.2, 0) is 0 Å². The molecule has 5 nitrogen and oxygen atoms in total. The molecule has 0 radical (unpaired) electrons. The minimum absolute atomic E-state index is 0.284. The summed E-state index contributed by atoms with van der Waals surface area (Å²) < 4.78 is 0. The quantitative estimate of drug-likeness (QED) is 0.673. The summed E-state index contributed by atoms with van der Waals surface area (Å²) in [6.45, 7) is 9.02. The van der Waals surface area contributed by atoms with Crippen LogP contribution >= 0.6 is 11.8 Å². The van der Waals surface area contributed by atoms with Crippen LogP contribution in [0.4, 0.5) is 5.82 Å². The first-order chi connectivity index (χ1) is 9.58. The third-order valence-corrected chi connectivity index (χ3v) is 3.36. The zero-order valence-corrected chi connectivity index (χ0v) is 13.0. The molecule has 2 aromatic heterocycles. The number of nitrogens with zero attached hydrogens (tertiary/aromatic N) is 4. The van der Waals surface area contributed by atoms with Gasteiger partial charge in [-0.2, -0.15) is 0 Å². The molecule has 0 saturated carbocycles. The van der Waals surface area contributed by atoms with Gasteiger partial charge in [-0.05, 0) is 31.2 Å². The highest BCUT2D eigenvalue weighted by Crippen LogP contribution is 2.25. The molecule has 106 valence electrons. The second kappa shape index (κ2) is 6.65. The van der Waals surface area contributed by atoms with Gasteiger partial charge in [0.15, 0.2) is 5.16 Å². The van der Waals surface area contributed by atoms with Gasteiger partial charge in [-0.3, -0.25) is 0 Å². The molecule has 0 aliphatic heterocycles. The van der Waals surface area contributed by atoms with Crippen LogP contribution in [0.3, 0.4) is 0 Å². The van der Waals surface area contributed by atoms with Gasteiger partial charge in [0, 0.05) is 30.9 Å². The van der Waals surface area contributed by atoms with Gasteiger partial charge in [-0.15, -0.1) is 0 Å². The number of hydrogen-bond donors (Lipinski definition) is 1. The SMILES string of the molecule is CCNc1cc(Sc2ncc(C)cn2)nc(C(C)C)n1. The summed E-state index contributed by atoms with van der Waals surface area (Å²) in [6.07, 6.45) is 3.62. The molecule has 6 heteroatoms. The van der Waals surface area contributed by atoms with E-state index in [0.717, 1.165) is 28.8 Å². The summed E-state index contributed by atoms with van der Waals surface area (Å²) in [7, 11) is 0. The van der Waals surface area contributed by atoms with Crippen LogP contribution in [0.5, 0.6) is 0 Å². The molecule has 0 spiro atoms. The van der Waals surface area contributed by atoms with Crippen molar-refractivity contribution in [3.8, 4) is 0 Å². The second-order valence-electron chi connectivity index (χ2n) is 4.78. The van der Waals surface area contributed by atoms with Crippen LogP contribution in [0.2, 0.25) is 0 Å². The maximum absolute atomic E-state index is 4.56. The smallest absolute Gasteiger partial charge is 0.193 e. The molecule has 0 unspecified atom stereocenters. The Balaban J connectivity index is 2.27. The van der Waals surface area contributed by atoms with Gasteiger partial charge in [0.1, 0.15) is 16.7 Å². The fourth-order valence-corrected chi connectivity index (χ4v) is 2.26. The number of aryl methyl sites for hydroxylation is 1. The van der Waals surface area contributed by atoms with E-state index in [9.17, 15) is 0 Å². The van der Waals surface area contributed by atoms with E-state index in [2.05, 4.69) is 39.1 Å². The van der Waals surface area contributed by atoms with E-state index >= 15 is 0 Å². The first-order valence-electron chi connectivity index (χ1n) is 6.68. The molecule has 2 aromatic rings. The van der Waals surface area contributed by atoms with Crippen LogP contribution in [0.25, 0.3) is 0 Å². The second-order valence-corrected chi connectivity index (χ2v) is 5.77. The van der Waals surface area contributed by atoms with Gasteiger partial charge in [0.05, 0.1) is 0 Å². The summed E-state index contributed by atoms with van der Waals surface area (Å²) in [5, 5.41) is 4.80. The number of rotatable bonds is 5. The number of hydrogen-bond acceptors (Lipinski definition) is 6. The minimum Gasteiger partial charge on any atom is -0.370 e. The molecule has 20 heavy (non-hydrogen) atoms. The molecular weight excluding hydrogens is 270 g/mol. The Morgan fingerprint density at radius 1 is 1.20 bits per heavy atom. The van der Waals surface area contributed by atoms with Crippen molar-refractivity contribution in [2.24, 2.45) is 0 Å². The summed E-state index contributed by atoms with van der Waals surface area (Å²) in [6, 6.07) is 1.93. The normalized spacial score (nSPS) is 10.8. The topological polar surface area (TPSA) is 63.6 Å². The average Bonchev–Trinajstić information content (AvgIpc) is 2.41. The Bertz CT molecular complexity index is 568. The number of anilines is 1. The van der Waals surface area contributed by atoms with Crippen molar-refractivity contribution in [2.45, 2.75) is 43.8 Å². The van der Waals surface area contributed by atoms with E-state index in [4.69, 9.17) is 0 Å². The zero-order chi connectivity index (χ0) is 14.5. The van der Waals surface area contributed by atoms with Gasteiger partial charge in [0.25, 0.3) is 0 Å². The van der Waals surface area contributed by atoms with Crippen molar-refractivity contribution in [1.82, 2.24) is 19.9 Å². The number of aromatic nitrogens is 4. The Kier molecular flexibility index (Phi) is 4.89. The van der Waals surface area contributed by atoms with Crippen LogP contribution in [0.15, 0.2) is 28.6 Å². The standard InChI is InChI=1S/C14H19N5S/c1-5-15-11-6-12(19-13(18-11)9(2)3)20-14-16-7-10(4)8-17-14/h6-9H,5H2,1-4H3,(H,15,18,19). The molecular formula is C14H19N5S. The third-order valence-electron chi connectivity index (χ3n) is 2.55. The Morgan fingerprint density at radius 2 is 1.90 bits per heavy atom. The monoisotopic (exact) mass is 289 g/mol. The van der Waals surface area contributed by atoms with Crippen molar-refractivity contribution in [3.05, 3.63) is 29.8 Å². The van der Waals surface area contributed by atoms with E-state index < -0.39 is 0 Å². The highest BCUT2D eigenvalue weighted by Gasteiger charge is 2.10. The lowest BCUT2D eigenvalue weighted by Gasteiger charge is -2.10. The first kappa shape index (κ1) is 14.7. The molecule has 2 heterocycles.